The second-order valence-corrected chi connectivity index (χ2v) is 5.96. The summed E-state index contributed by atoms with van der Waals surface area (Å²) >= 11 is 0. The van der Waals surface area contributed by atoms with Gasteiger partial charge in [-0.05, 0) is 67.8 Å². The molecule has 0 aromatic heterocycles. The summed E-state index contributed by atoms with van der Waals surface area (Å²) < 4.78 is 0. The Morgan fingerprint density at radius 1 is 1.12 bits per heavy atom. The van der Waals surface area contributed by atoms with Crippen molar-refractivity contribution < 1.29 is 0 Å². The third kappa shape index (κ3) is 2.90. The SMILES string of the molecule is Cc1cc(C)c(C2CC2CNC(C)C)cc1C. The number of rotatable bonds is 4. The van der Waals surface area contributed by atoms with Crippen LogP contribution in [0.1, 0.15) is 48.4 Å². The highest BCUT2D eigenvalue weighted by Gasteiger charge is 2.38. The fourth-order valence-electron chi connectivity index (χ4n) is 2.62. The molecule has 0 amide bonds. The Kier molecular flexibility index (Phi) is 3.58. The number of benzene rings is 1. The third-order valence-corrected chi connectivity index (χ3v) is 3.99. The van der Waals surface area contributed by atoms with Crippen molar-refractivity contribution >= 4 is 0 Å². The van der Waals surface area contributed by atoms with Gasteiger partial charge in [-0.15, -0.1) is 0 Å². The van der Waals surface area contributed by atoms with Gasteiger partial charge in [0.25, 0.3) is 0 Å². The predicted molar refractivity (Wildman–Crippen MR) is 74.6 cm³/mol. The zero-order valence-corrected chi connectivity index (χ0v) is 11.8. The highest BCUT2D eigenvalue weighted by Crippen LogP contribution is 2.48. The molecule has 1 fully saturated rings. The molecular weight excluding hydrogens is 206 g/mol. The molecule has 0 heterocycles. The van der Waals surface area contributed by atoms with Crippen molar-refractivity contribution in [2.24, 2.45) is 5.92 Å². The van der Waals surface area contributed by atoms with Crippen molar-refractivity contribution in [1.82, 2.24) is 5.32 Å². The van der Waals surface area contributed by atoms with Crippen molar-refractivity contribution in [3.63, 3.8) is 0 Å². The van der Waals surface area contributed by atoms with Crippen LogP contribution in [0.2, 0.25) is 0 Å². The topological polar surface area (TPSA) is 12.0 Å². The lowest BCUT2D eigenvalue weighted by Gasteiger charge is -2.11. The van der Waals surface area contributed by atoms with Crippen LogP contribution >= 0.6 is 0 Å². The summed E-state index contributed by atoms with van der Waals surface area (Å²) in [4.78, 5) is 0. The number of nitrogens with one attached hydrogen (secondary N) is 1. The lowest BCUT2D eigenvalue weighted by Crippen LogP contribution is -2.25. The van der Waals surface area contributed by atoms with Crippen molar-refractivity contribution in [2.75, 3.05) is 6.54 Å². The molecule has 1 nitrogen and oxygen atoms in total. The first kappa shape index (κ1) is 12.6. The summed E-state index contributed by atoms with van der Waals surface area (Å²) in [5, 5.41) is 3.55. The summed E-state index contributed by atoms with van der Waals surface area (Å²) in [6, 6.07) is 5.36. The molecule has 0 spiro atoms. The highest BCUT2D eigenvalue weighted by atomic mass is 14.9. The van der Waals surface area contributed by atoms with Gasteiger partial charge in [-0.25, -0.2) is 0 Å². The molecule has 17 heavy (non-hydrogen) atoms. The van der Waals surface area contributed by atoms with Gasteiger partial charge in [-0.2, -0.15) is 0 Å². The predicted octanol–water partition coefficient (Wildman–Crippen LogP) is 3.71. The second-order valence-electron chi connectivity index (χ2n) is 5.96. The smallest absolute Gasteiger partial charge is 0.00104 e. The third-order valence-electron chi connectivity index (χ3n) is 3.99. The van der Waals surface area contributed by atoms with Crippen LogP contribution in [0.25, 0.3) is 0 Å². The molecule has 94 valence electrons. The van der Waals surface area contributed by atoms with Crippen molar-refractivity contribution in [3.05, 3.63) is 34.4 Å². The zero-order valence-electron chi connectivity index (χ0n) is 11.8. The maximum atomic E-state index is 3.55. The fraction of sp³-hybridized carbons (Fsp3) is 0.625. The Hall–Kier alpha value is -0.820. The Balaban J connectivity index is 2.03. The van der Waals surface area contributed by atoms with E-state index in [1.165, 1.54) is 29.7 Å². The van der Waals surface area contributed by atoms with Gasteiger partial charge in [-0.1, -0.05) is 26.0 Å². The molecular formula is C16H25N. The van der Waals surface area contributed by atoms with Gasteiger partial charge in [0.15, 0.2) is 0 Å². The molecule has 0 aliphatic heterocycles. The maximum absolute atomic E-state index is 3.55. The molecule has 2 rings (SSSR count). The van der Waals surface area contributed by atoms with E-state index in [4.69, 9.17) is 0 Å². The van der Waals surface area contributed by atoms with Crippen LogP contribution in [-0.4, -0.2) is 12.6 Å². The molecule has 1 heteroatoms. The molecule has 1 N–H and O–H groups in total. The minimum Gasteiger partial charge on any atom is -0.314 e. The van der Waals surface area contributed by atoms with E-state index in [0.717, 1.165) is 11.8 Å². The van der Waals surface area contributed by atoms with Crippen LogP contribution < -0.4 is 5.32 Å². The van der Waals surface area contributed by atoms with E-state index in [-0.39, 0.29) is 0 Å². The molecule has 1 aromatic carbocycles. The fourth-order valence-corrected chi connectivity index (χ4v) is 2.62. The Morgan fingerprint density at radius 2 is 1.76 bits per heavy atom. The van der Waals surface area contributed by atoms with E-state index < -0.39 is 0 Å². The second kappa shape index (κ2) is 4.81. The molecule has 1 aliphatic carbocycles. The van der Waals surface area contributed by atoms with E-state index in [0.29, 0.717) is 6.04 Å². The van der Waals surface area contributed by atoms with Crippen molar-refractivity contribution in [2.45, 2.75) is 53.0 Å². The minimum atomic E-state index is 0.608. The number of aryl methyl sites for hydroxylation is 3. The van der Waals surface area contributed by atoms with Crippen molar-refractivity contribution in [1.29, 1.82) is 0 Å². The zero-order chi connectivity index (χ0) is 12.6. The standard InChI is InChI=1S/C16H25N/c1-10(2)17-9-14-8-16(14)15-7-12(4)11(3)6-13(15)5/h6-7,10,14,16-17H,8-9H2,1-5H3. The van der Waals surface area contributed by atoms with Gasteiger partial charge >= 0.3 is 0 Å². The van der Waals surface area contributed by atoms with Crippen LogP contribution in [0.3, 0.4) is 0 Å². The molecule has 1 aromatic rings. The first-order valence-electron chi connectivity index (χ1n) is 6.80. The first-order valence-corrected chi connectivity index (χ1v) is 6.80. The van der Waals surface area contributed by atoms with Gasteiger partial charge in [0.05, 0.1) is 0 Å². The Bertz CT molecular complexity index is 406. The van der Waals surface area contributed by atoms with Crippen molar-refractivity contribution in [3.8, 4) is 0 Å². The summed E-state index contributed by atoms with van der Waals surface area (Å²) in [7, 11) is 0. The summed E-state index contributed by atoms with van der Waals surface area (Å²) in [6.45, 7) is 12.3. The van der Waals surface area contributed by atoms with Gasteiger partial charge in [0, 0.05) is 6.04 Å². The normalized spacial score (nSPS) is 23.2. The van der Waals surface area contributed by atoms with E-state index >= 15 is 0 Å². The summed E-state index contributed by atoms with van der Waals surface area (Å²) in [6.07, 6.45) is 1.36. The Labute approximate surface area is 106 Å². The van der Waals surface area contributed by atoms with Gasteiger partial charge in [0.2, 0.25) is 0 Å². The van der Waals surface area contributed by atoms with E-state index in [1.54, 1.807) is 5.56 Å². The van der Waals surface area contributed by atoms with Crippen LogP contribution in [-0.2, 0) is 0 Å². The minimum absolute atomic E-state index is 0.608. The molecule has 0 radical (unpaired) electrons. The van der Waals surface area contributed by atoms with Crippen LogP contribution in [0, 0.1) is 26.7 Å². The lowest BCUT2D eigenvalue weighted by molar-refractivity contribution is 0.554. The van der Waals surface area contributed by atoms with Crippen LogP contribution in [0.15, 0.2) is 12.1 Å². The average Bonchev–Trinajstić information content (AvgIpc) is 3.00. The quantitative estimate of drug-likeness (QED) is 0.833. The van der Waals surface area contributed by atoms with Crippen LogP contribution in [0.5, 0.6) is 0 Å². The molecule has 2 atom stereocenters. The molecule has 1 saturated carbocycles. The molecule has 2 unspecified atom stereocenters. The van der Waals surface area contributed by atoms with Gasteiger partial charge < -0.3 is 5.32 Å². The largest absolute Gasteiger partial charge is 0.314 e. The molecule has 1 aliphatic rings. The van der Waals surface area contributed by atoms with E-state index in [2.05, 4.69) is 52.1 Å². The summed E-state index contributed by atoms with van der Waals surface area (Å²) in [5.41, 5.74) is 5.92. The Morgan fingerprint density at radius 3 is 2.41 bits per heavy atom. The number of hydrogen-bond donors (Lipinski definition) is 1. The highest BCUT2D eigenvalue weighted by molar-refractivity contribution is 5.41. The first-order chi connectivity index (χ1) is 7.99. The molecule has 0 saturated heterocycles. The maximum Gasteiger partial charge on any atom is 0.00104 e. The monoisotopic (exact) mass is 231 g/mol. The van der Waals surface area contributed by atoms with Gasteiger partial charge in [0.1, 0.15) is 0 Å². The summed E-state index contributed by atoms with van der Waals surface area (Å²) in [5.74, 6) is 1.67. The van der Waals surface area contributed by atoms with Gasteiger partial charge in [-0.3, -0.25) is 0 Å². The van der Waals surface area contributed by atoms with Crippen LogP contribution in [0.4, 0.5) is 0 Å². The lowest BCUT2D eigenvalue weighted by atomic mass is 9.97. The molecule has 0 bridgehead atoms. The van der Waals surface area contributed by atoms with E-state index in [9.17, 15) is 0 Å². The van der Waals surface area contributed by atoms with E-state index in [1.807, 2.05) is 0 Å². The average molecular weight is 231 g/mol. The number of hydrogen-bond acceptors (Lipinski definition) is 1.